The van der Waals surface area contributed by atoms with E-state index in [0.29, 0.717) is 46.2 Å². The molecule has 1 fully saturated rings. The summed E-state index contributed by atoms with van der Waals surface area (Å²) < 4.78 is 14.2. The Morgan fingerprint density at radius 2 is 2.07 bits per heavy atom. The largest absolute Gasteiger partial charge is 0.380 e. The van der Waals surface area contributed by atoms with Crippen molar-refractivity contribution < 1.29 is 9.18 Å². The van der Waals surface area contributed by atoms with Crippen molar-refractivity contribution in [2.24, 2.45) is 0 Å². The molecule has 0 bridgehead atoms. The SMILES string of the molecule is CCN1C(=O)C[C@H](Nc2ccc(C#N)c(Cl)c2)C1Cc1cc(Cl)ccc1F. The molecule has 0 radical (unpaired) electrons. The number of nitrogens with zero attached hydrogens (tertiary/aromatic N) is 2. The third-order valence-electron chi connectivity index (χ3n) is 4.80. The monoisotopic (exact) mass is 405 g/mol. The Morgan fingerprint density at radius 1 is 1.30 bits per heavy atom. The molecule has 1 amide bonds. The van der Waals surface area contributed by atoms with Gasteiger partial charge in [0.05, 0.1) is 22.7 Å². The van der Waals surface area contributed by atoms with Crippen molar-refractivity contribution in [3.05, 3.63) is 63.4 Å². The predicted octanol–water partition coefficient (Wildman–Crippen LogP) is 4.65. The van der Waals surface area contributed by atoms with Gasteiger partial charge in [-0.3, -0.25) is 4.79 Å². The second kappa shape index (κ2) is 8.16. The van der Waals surface area contributed by atoms with Gasteiger partial charge in [0.15, 0.2) is 0 Å². The van der Waals surface area contributed by atoms with Gasteiger partial charge in [-0.1, -0.05) is 23.2 Å². The fourth-order valence-electron chi connectivity index (χ4n) is 3.49. The maximum atomic E-state index is 14.2. The topological polar surface area (TPSA) is 56.1 Å². The van der Waals surface area contributed by atoms with Gasteiger partial charge in [-0.2, -0.15) is 5.26 Å². The van der Waals surface area contributed by atoms with E-state index in [0.717, 1.165) is 0 Å². The van der Waals surface area contributed by atoms with Crippen LogP contribution >= 0.6 is 23.2 Å². The molecule has 1 unspecified atom stereocenters. The quantitative estimate of drug-likeness (QED) is 0.787. The molecule has 0 aliphatic carbocycles. The number of anilines is 1. The molecule has 0 spiro atoms. The van der Waals surface area contributed by atoms with Gasteiger partial charge >= 0.3 is 0 Å². The first-order valence-corrected chi connectivity index (χ1v) is 9.38. The minimum atomic E-state index is -0.338. The summed E-state index contributed by atoms with van der Waals surface area (Å²) >= 11 is 12.1. The molecule has 140 valence electrons. The molecule has 4 nitrogen and oxygen atoms in total. The average Bonchev–Trinajstić information content (AvgIpc) is 2.92. The van der Waals surface area contributed by atoms with E-state index < -0.39 is 0 Å². The van der Waals surface area contributed by atoms with Gasteiger partial charge in [-0.05, 0) is 55.3 Å². The summed E-state index contributed by atoms with van der Waals surface area (Å²) in [6.07, 6.45) is 0.659. The highest BCUT2D eigenvalue weighted by molar-refractivity contribution is 6.32. The summed E-state index contributed by atoms with van der Waals surface area (Å²) in [6, 6.07) is 11.1. The Bertz CT molecular complexity index is 913. The molecule has 1 saturated heterocycles. The summed E-state index contributed by atoms with van der Waals surface area (Å²) in [5.41, 5.74) is 1.58. The molecule has 2 aromatic rings. The number of hydrogen-bond donors (Lipinski definition) is 1. The van der Waals surface area contributed by atoms with Gasteiger partial charge in [-0.25, -0.2) is 4.39 Å². The summed E-state index contributed by atoms with van der Waals surface area (Å²) in [7, 11) is 0. The number of hydrogen-bond acceptors (Lipinski definition) is 3. The first-order chi connectivity index (χ1) is 12.9. The number of rotatable bonds is 5. The highest BCUT2D eigenvalue weighted by Gasteiger charge is 2.39. The average molecular weight is 406 g/mol. The van der Waals surface area contributed by atoms with Crippen molar-refractivity contribution in [3.8, 4) is 6.07 Å². The molecular formula is C20H18Cl2FN3O. The standard InChI is InChI=1S/C20H18Cl2FN3O/c1-2-26-19(8-13-7-14(21)4-6-17(13)23)18(10-20(26)27)25-15-5-3-12(11-24)16(22)9-15/h3-7,9,18-19,25H,2,8,10H2,1H3/t18-,19?/m0/s1. The molecule has 1 heterocycles. The van der Waals surface area contributed by atoms with Crippen LogP contribution in [0.3, 0.4) is 0 Å². The van der Waals surface area contributed by atoms with Gasteiger partial charge in [0.1, 0.15) is 11.9 Å². The van der Waals surface area contributed by atoms with Crippen LogP contribution in [-0.2, 0) is 11.2 Å². The summed E-state index contributed by atoms with van der Waals surface area (Å²) in [4.78, 5) is 14.2. The van der Waals surface area contributed by atoms with Crippen LogP contribution in [0.1, 0.15) is 24.5 Å². The van der Waals surface area contributed by atoms with Gasteiger partial charge in [0.2, 0.25) is 5.91 Å². The van der Waals surface area contributed by atoms with Crippen LogP contribution in [-0.4, -0.2) is 29.4 Å². The molecular weight excluding hydrogens is 388 g/mol. The van der Waals surface area contributed by atoms with Gasteiger partial charge in [0, 0.05) is 23.7 Å². The maximum absolute atomic E-state index is 14.2. The number of halogens is 3. The van der Waals surface area contributed by atoms with Crippen LogP contribution in [0, 0.1) is 17.1 Å². The van der Waals surface area contributed by atoms with Gasteiger partial charge in [0.25, 0.3) is 0 Å². The van der Waals surface area contributed by atoms with E-state index in [1.165, 1.54) is 12.1 Å². The molecule has 2 atom stereocenters. The first-order valence-electron chi connectivity index (χ1n) is 8.62. The number of benzene rings is 2. The molecule has 3 rings (SSSR count). The number of likely N-dealkylation sites (N-methyl/N-ethyl adjacent to an activating group) is 1. The molecule has 0 saturated carbocycles. The second-order valence-corrected chi connectivity index (χ2v) is 7.29. The summed E-state index contributed by atoms with van der Waals surface area (Å²) in [5, 5.41) is 13.1. The Balaban J connectivity index is 1.86. The van der Waals surface area contributed by atoms with E-state index in [-0.39, 0.29) is 23.8 Å². The van der Waals surface area contributed by atoms with Crippen LogP contribution in [0.25, 0.3) is 0 Å². The van der Waals surface area contributed by atoms with Crippen molar-refractivity contribution in [1.29, 1.82) is 5.26 Å². The lowest BCUT2D eigenvalue weighted by Crippen LogP contribution is -2.41. The second-order valence-electron chi connectivity index (χ2n) is 6.45. The fourth-order valence-corrected chi connectivity index (χ4v) is 3.91. The van der Waals surface area contributed by atoms with Crippen molar-refractivity contribution >= 4 is 34.8 Å². The zero-order valence-corrected chi connectivity index (χ0v) is 16.2. The predicted molar refractivity (Wildman–Crippen MR) is 104 cm³/mol. The number of nitrogens with one attached hydrogen (secondary N) is 1. The third-order valence-corrected chi connectivity index (χ3v) is 5.35. The van der Waals surface area contributed by atoms with E-state index in [1.54, 1.807) is 29.2 Å². The van der Waals surface area contributed by atoms with Crippen LogP contribution in [0.4, 0.5) is 10.1 Å². The third kappa shape index (κ3) is 4.18. The van der Waals surface area contributed by atoms with Gasteiger partial charge < -0.3 is 10.2 Å². The van der Waals surface area contributed by atoms with Crippen molar-refractivity contribution in [2.75, 3.05) is 11.9 Å². The van der Waals surface area contributed by atoms with Crippen LogP contribution < -0.4 is 5.32 Å². The van der Waals surface area contributed by atoms with E-state index in [9.17, 15) is 9.18 Å². The van der Waals surface area contributed by atoms with Crippen LogP contribution in [0.2, 0.25) is 10.0 Å². The number of carbonyl (C=O) groups excluding carboxylic acids is 1. The normalized spacial score (nSPS) is 19.2. The van der Waals surface area contributed by atoms with E-state index >= 15 is 0 Å². The van der Waals surface area contributed by atoms with E-state index in [2.05, 4.69) is 5.32 Å². The zero-order chi connectivity index (χ0) is 19.6. The van der Waals surface area contributed by atoms with E-state index in [1.807, 2.05) is 13.0 Å². The summed E-state index contributed by atoms with van der Waals surface area (Å²) in [6.45, 7) is 2.44. The Morgan fingerprint density at radius 3 is 2.74 bits per heavy atom. The zero-order valence-electron chi connectivity index (χ0n) is 14.7. The smallest absolute Gasteiger partial charge is 0.225 e. The number of likely N-dealkylation sites (tertiary alicyclic amines) is 1. The molecule has 1 aliphatic heterocycles. The molecule has 1 aliphatic rings. The number of carbonyl (C=O) groups is 1. The van der Waals surface area contributed by atoms with Crippen LogP contribution in [0.15, 0.2) is 36.4 Å². The molecule has 1 N–H and O–H groups in total. The maximum Gasteiger partial charge on any atom is 0.225 e. The van der Waals surface area contributed by atoms with Crippen molar-refractivity contribution in [3.63, 3.8) is 0 Å². The Hall–Kier alpha value is -2.29. The van der Waals surface area contributed by atoms with Crippen molar-refractivity contribution in [1.82, 2.24) is 4.90 Å². The van der Waals surface area contributed by atoms with Gasteiger partial charge in [-0.15, -0.1) is 0 Å². The van der Waals surface area contributed by atoms with Crippen LogP contribution in [0.5, 0.6) is 0 Å². The highest BCUT2D eigenvalue weighted by Crippen LogP contribution is 2.29. The lowest BCUT2D eigenvalue weighted by molar-refractivity contribution is -0.128. The van der Waals surface area contributed by atoms with E-state index in [4.69, 9.17) is 28.5 Å². The Labute approximate surface area is 167 Å². The van der Waals surface area contributed by atoms with Crippen molar-refractivity contribution in [2.45, 2.75) is 31.8 Å². The first kappa shape index (κ1) is 19.5. The minimum Gasteiger partial charge on any atom is -0.380 e. The Kier molecular flexibility index (Phi) is 5.88. The molecule has 0 aromatic heterocycles. The molecule has 2 aromatic carbocycles. The minimum absolute atomic E-state index is 0.0159. The number of nitriles is 1. The lowest BCUT2D eigenvalue weighted by atomic mass is 9.99. The number of amides is 1. The lowest BCUT2D eigenvalue weighted by Gasteiger charge is -2.28. The molecule has 27 heavy (non-hydrogen) atoms. The fraction of sp³-hybridized carbons (Fsp3) is 0.300. The highest BCUT2D eigenvalue weighted by atomic mass is 35.5. The summed E-state index contributed by atoms with van der Waals surface area (Å²) in [5.74, 6) is -0.322. The molecule has 7 heteroatoms.